The second-order valence-electron chi connectivity index (χ2n) is 12.1. The zero-order valence-corrected chi connectivity index (χ0v) is 26.2. The van der Waals surface area contributed by atoms with Crippen molar-refractivity contribution < 1.29 is 23.3 Å². The molecular weight excluding hydrogens is 605 g/mol. The van der Waals surface area contributed by atoms with E-state index in [2.05, 4.69) is 16.4 Å². The van der Waals surface area contributed by atoms with Gasteiger partial charge in [-0.15, -0.1) is 0 Å². The first-order valence-corrected chi connectivity index (χ1v) is 16.3. The van der Waals surface area contributed by atoms with E-state index >= 15 is 4.39 Å². The van der Waals surface area contributed by atoms with E-state index in [1.165, 1.54) is 25.5 Å². The summed E-state index contributed by atoms with van der Waals surface area (Å²) in [4.78, 5) is 4.17. The Kier molecular flexibility index (Phi) is 8.96. The van der Waals surface area contributed by atoms with Crippen LogP contribution in [0.15, 0.2) is 60.9 Å². The van der Waals surface area contributed by atoms with Gasteiger partial charge in [0.2, 0.25) is 0 Å². The highest BCUT2D eigenvalue weighted by Crippen LogP contribution is 2.45. The number of aromatic nitrogens is 1. The van der Waals surface area contributed by atoms with Gasteiger partial charge in [-0.3, -0.25) is 4.98 Å². The Labute approximate surface area is 273 Å². The predicted molar refractivity (Wildman–Crippen MR) is 173 cm³/mol. The molecule has 0 radical (unpaired) electrons. The Hall–Kier alpha value is -4.32. The number of nitrogens with zero attached hydrogens (tertiary/aromatic N) is 2. The molecule has 1 atom stereocenters. The van der Waals surface area contributed by atoms with Gasteiger partial charge in [0.1, 0.15) is 43.5 Å². The maximum Gasteiger partial charge on any atom is 0.197 e. The van der Waals surface area contributed by atoms with Crippen molar-refractivity contribution in [3.05, 3.63) is 99.6 Å². The highest BCUT2D eigenvalue weighted by molar-refractivity contribution is 6.32. The molecule has 4 aromatic rings. The van der Waals surface area contributed by atoms with Crippen molar-refractivity contribution in [2.75, 3.05) is 13.2 Å². The fraction of sp³-hybridized carbons (Fsp3) is 0.351. The van der Waals surface area contributed by atoms with E-state index in [1.54, 1.807) is 24.4 Å². The lowest BCUT2D eigenvalue weighted by Crippen LogP contribution is -2.30. The Balaban J connectivity index is 1.15. The standard InChI is InChI=1S/C37H35ClFN3O4/c38-31-16-25(21-42-26-5-2-1-3-6-26)34(45-22-24-15-23(18-40)19-41-20-24)17-35(31)46-32-11-9-28-27(7-4-8-29(28)32)30-10-12-33-37(36(30)39)44-14-13-43-33/h4,7-8,10,12,15-17,19-20,26,32,42H,1-3,5-6,9,11,13-14,21-22H2/t32-/m0/s1. The predicted octanol–water partition coefficient (Wildman–Crippen LogP) is 8.25. The van der Waals surface area contributed by atoms with Crippen molar-refractivity contribution in [2.45, 2.75) is 70.2 Å². The number of nitriles is 1. The molecule has 0 unspecified atom stereocenters. The van der Waals surface area contributed by atoms with E-state index in [4.69, 9.17) is 30.5 Å². The maximum atomic E-state index is 15.6. The average molecular weight is 640 g/mol. The van der Waals surface area contributed by atoms with Crippen LogP contribution in [0.2, 0.25) is 5.02 Å². The summed E-state index contributed by atoms with van der Waals surface area (Å²) in [5.74, 6) is 1.37. The molecular formula is C37H35ClFN3O4. The Morgan fingerprint density at radius 2 is 1.85 bits per heavy atom. The third-order valence-corrected chi connectivity index (χ3v) is 9.34. The van der Waals surface area contributed by atoms with Crippen LogP contribution >= 0.6 is 11.6 Å². The summed E-state index contributed by atoms with van der Waals surface area (Å²) in [7, 11) is 0. The zero-order chi connectivity index (χ0) is 31.5. The molecule has 3 aliphatic rings. The Morgan fingerprint density at radius 3 is 2.72 bits per heavy atom. The van der Waals surface area contributed by atoms with Crippen LogP contribution in [-0.2, 0) is 19.6 Å². The largest absolute Gasteiger partial charge is 0.488 e. The van der Waals surface area contributed by atoms with Crippen LogP contribution in [0.3, 0.4) is 0 Å². The molecule has 0 amide bonds. The highest BCUT2D eigenvalue weighted by atomic mass is 35.5. The molecule has 2 aliphatic carbocycles. The van der Waals surface area contributed by atoms with E-state index < -0.39 is 5.82 Å². The fourth-order valence-electron chi connectivity index (χ4n) is 6.72. The van der Waals surface area contributed by atoms with Crippen LogP contribution in [-0.4, -0.2) is 24.2 Å². The normalized spacial score (nSPS) is 17.3. The first-order chi connectivity index (χ1) is 22.6. The number of fused-ring (bicyclic) bond motifs is 2. The summed E-state index contributed by atoms with van der Waals surface area (Å²) in [6, 6.07) is 17.6. The maximum absolute atomic E-state index is 15.6. The summed E-state index contributed by atoms with van der Waals surface area (Å²) in [5, 5.41) is 13.5. The van der Waals surface area contributed by atoms with Gasteiger partial charge >= 0.3 is 0 Å². The number of ether oxygens (including phenoxy) is 4. The van der Waals surface area contributed by atoms with Crippen LogP contribution in [0, 0.1) is 17.1 Å². The number of benzene rings is 3. The first-order valence-electron chi connectivity index (χ1n) is 16.0. The molecule has 9 heteroatoms. The molecule has 0 spiro atoms. The third kappa shape index (κ3) is 6.35. The summed E-state index contributed by atoms with van der Waals surface area (Å²) in [6.45, 7) is 1.59. The molecule has 0 saturated heterocycles. The van der Waals surface area contributed by atoms with E-state index in [0.717, 1.165) is 53.5 Å². The van der Waals surface area contributed by atoms with Gasteiger partial charge in [-0.05, 0) is 66.6 Å². The quantitative estimate of drug-likeness (QED) is 0.197. The monoisotopic (exact) mass is 639 g/mol. The minimum Gasteiger partial charge on any atom is -0.488 e. The van der Waals surface area contributed by atoms with Crippen LogP contribution < -0.4 is 24.3 Å². The molecule has 7 nitrogen and oxygen atoms in total. The lowest BCUT2D eigenvalue weighted by atomic mass is 9.95. The Morgan fingerprint density at radius 1 is 0.978 bits per heavy atom. The molecule has 3 aromatic carbocycles. The molecule has 236 valence electrons. The summed E-state index contributed by atoms with van der Waals surface area (Å²) < 4.78 is 39.7. The second-order valence-corrected chi connectivity index (χ2v) is 12.5. The minimum absolute atomic E-state index is 0.166. The zero-order valence-electron chi connectivity index (χ0n) is 25.5. The lowest BCUT2D eigenvalue weighted by Gasteiger charge is -2.24. The van der Waals surface area contributed by atoms with Crippen LogP contribution in [0.5, 0.6) is 23.0 Å². The molecule has 2 heterocycles. The van der Waals surface area contributed by atoms with Crippen molar-refractivity contribution in [1.29, 1.82) is 5.26 Å². The van der Waals surface area contributed by atoms with Crippen molar-refractivity contribution >= 4 is 11.6 Å². The number of hydrogen-bond donors (Lipinski definition) is 1. The fourth-order valence-corrected chi connectivity index (χ4v) is 6.95. The van der Waals surface area contributed by atoms with Crippen LogP contribution in [0.1, 0.15) is 72.4 Å². The third-order valence-electron chi connectivity index (χ3n) is 9.04. The van der Waals surface area contributed by atoms with Crippen LogP contribution in [0.4, 0.5) is 4.39 Å². The minimum atomic E-state index is -0.410. The van der Waals surface area contributed by atoms with Crippen LogP contribution in [0.25, 0.3) is 11.1 Å². The molecule has 1 aromatic heterocycles. The SMILES string of the molecule is N#Cc1cncc(COc2cc(O[C@H]3CCc4c(-c5ccc6c(c5F)OCCO6)cccc43)c(Cl)cc2CNC2CCCCC2)c1. The van der Waals surface area contributed by atoms with E-state index in [1.807, 2.05) is 30.3 Å². The molecule has 0 bridgehead atoms. The number of halogens is 2. The second kappa shape index (κ2) is 13.6. The number of rotatable bonds is 9. The molecule has 46 heavy (non-hydrogen) atoms. The van der Waals surface area contributed by atoms with E-state index in [-0.39, 0.29) is 18.5 Å². The van der Waals surface area contributed by atoms with Gasteiger partial charge in [-0.25, -0.2) is 4.39 Å². The van der Waals surface area contributed by atoms with Gasteiger partial charge in [-0.2, -0.15) is 5.26 Å². The topological polar surface area (TPSA) is 85.6 Å². The first kappa shape index (κ1) is 30.3. The summed E-state index contributed by atoms with van der Waals surface area (Å²) in [5.41, 5.74) is 5.59. The van der Waals surface area contributed by atoms with Gasteiger partial charge in [0.05, 0.1) is 10.6 Å². The number of nitrogens with one attached hydrogen (secondary N) is 1. The average Bonchev–Trinajstić information content (AvgIpc) is 3.51. The molecule has 1 N–H and O–H groups in total. The smallest absolute Gasteiger partial charge is 0.197 e. The van der Waals surface area contributed by atoms with Crippen molar-refractivity contribution in [3.8, 4) is 40.2 Å². The number of pyridine rings is 1. The molecule has 1 fully saturated rings. The molecule has 7 rings (SSSR count). The summed E-state index contributed by atoms with van der Waals surface area (Å²) >= 11 is 6.87. The van der Waals surface area contributed by atoms with Crippen molar-refractivity contribution in [2.24, 2.45) is 0 Å². The Bertz CT molecular complexity index is 1790. The van der Waals surface area contributed by atoms with Gasteiger partial charge in [0, 0.05) is 47.7 Å². The van der Waals surface area contributed by atoms with E-state index in [9.17, 15) is 5.26 Å². The van der Waals surface area contributed by atoms with Gasteiger partial charge in [0.25, 0.3) is 0 Å². The van der Waals surface area contributed by atoms with Gasteiger partial charge in [-0.1, -0.05) is 49.1 Å². The van der Waals surface area contributed by atoms with Gasteiger partial charge in [0.15, 0.2) is 17.3 Å². The molecule has 1 saturated carbocycles. The lowest BCUT2D eigenvalue weighted by molar-refractivity contribution is 0.164. The van der Waals surface area contributed by atoms with Crippen molar-refractivity contribution in [3.63, 3.8) is 0 Å². The van der Waals surface area contributed by atoms with E-state index in [0.29, 0.717) is 59.2 Å². The number of hydrogen-bond acceptors (Lipinski definition) is 7. The summed E-state index contributed by atoms with van der Waals surface area (Å²) in [6.07, 6.45) is 10.5. The highest BCUT2D eigenvalue weighted by Gasteiger charge is 2.30. The van der Waals surface area contributed by atoms with Gasteiger partial charge < -0.3 is 24.3 Å². The molecule has 1 aliphatic heterocycles. The van der Waals surface area contributed by atoms with Crippen molar-refractivity contribution in [1.82, 2.24) is 10.3 Å².